The molecule has 1 heterocycles. The Morgan fingerprint density at radius 2 is 2.25 bits per heavy atom. The molecule has 1 aromatic rings. The van der Waals surface area contributed by atoms with Crippen molar-refractivity contribution in [3.63, 3.8) is 0 Å². The molecule has 0 aliphatic rings. The molecule has 0 saturated heterocycles. The first kappa shape index (κ1) is 6.29. The molecule has 0 spiro atoms. The summed E-state index contributed by atoms with van der Waals surface area (Å²) >= 11 is 6.68. The lowest BCUT2D eigenvalue weighted by Gasteiger charge is -1.74. The van der Waals surface area contributed by atoms with Crippen molar-refractivity contribution < 1.29 is 34.2 Å². The maximum absolute atomic E-state index is 4.81. The third-order valence-corrected chi connectivity index (χ3v) is 1.64. The molecule has 0 saturated carbocycles. The second-order valence-corrected chi connectivity index (χ2v) is 3.00. The molecule has 42 valence electrons. The zero-order chi connectivity index (χ0) is 5.98. The molecule has 0 radical (unpaired) electrons. The van der Waals surface area contributed by atoms with Crippen LogP contribution in [0, 0.1) is 15.3 Å². The molecule has 0 fully saturated rings. The van der Waals surface area contributed by atoms with Gasteiger partial charge in [-0.05, 0) is 0 Å². The SMILES string of the molecule is [ClH+]c1ccc([IH+])nc1. The van der Waals surface area contributed by atoms with E-state index in [0.717, 1.165) is 8.72 Å². The average molecular weight is 241 g/mol. The minimum Gasteiger partial charge on any atom is -0.207 e. The molecule has 8 heavy (non-hydrogen) atoms. The number of halogens is 2. The number of nitrogens with zero attached hydrogens (tertiary/aromatic N) is 1. The van der Waals surface area contributed by atoms with E-state index in [2.05, 4.69) is 4.98 Å². The molecule has 0 aliphatic heterocycles. The highest BCUT2D eigenvalue weighted by molar-refractivity contribution is 4.99. The lowest BCUT2D eigenvalue weighted by molar-refractivity contribution is -0.339. The predicted molar refractivity (Wildman–Crippen MR) is 24.9 cm³/mol. The van der Waals surface area contributed by atoms with Crippen LogP contribution in [-0.2, 0) is 0 Å². The lowest BCUT2D eigenvalue weighted by Crippen LogP contribution is -3.34. The van der Waals surface area contributed by atoms with Crippen LogP contribution < -0.4 is 22.6 Å². The fraction of sp³-hybridized carbons (Fsp3) is 0. The Kier molecular flexibility index (Phi) is 2.08. The van der Waals surface area contributed by atoms with E-state index in [9.17, 15) is 0 Å². The van der Waals surface area contributed by atoms with E-state index in [1.165, 1.54) is 0 Å². The van der Waals surface area contributed by atoms with Gasteiger partial charge in [0.15, 0.2) is 11.6 Å². The largest absolute Gasteiger partial charge is 0.318 e. The zero-order valence-electron chi connectivity index (χ0n) is 4.00. The van der Waals surface area contributed by atoms with Gasteiger partial charge in [0.1, 0.15) is 0 Å². The minimum absolute atomic E-state index is 0.803. The molecular weight excluding hydrogens is 236 g/mol. The molecule has 0 bridgehead atoms. The van der Waals surface area contributed by atoms with Crippen molar-refractivity contribution >= 4 is 0 Å². The van der Waals surface area contributed by atoms with E-state index >= 15 is 0 Å². The number of aromatic nitrogens is 1. The van der Waals surface area contributed by atoms with E-state index in [-0.39, 0.29) is 0 Å². The number of pyridine rings is 1. The highest BCUT2D eigenvalue weighted by Gasteiger charge is 1.98. The first-order valence-corrected chi connectivity index (χ1v) is 3.66. The fourth-order valence-corrected chi connectivity index (χ4v) is 0.832. The third-order valence-electron chi connectivity index (χ3n) is 0.709. The number of hydrogen-bond acceptors (Lipinski definition) is 1. The van der Waals surface area contributed by atoms with Crippen LogP contribution in [0.5, 0.6) is 0 Å². The third kappa shape index (κ3) is 1.59. The summed E-state index contributed by atoms with van der Waals surface area (Å²) in [4.78, 5) is 3.98. The van der Waals surface area contributed by atoms with Crippen LogP contribution in [0.25, 0.3) is 0 Å². The maximum atomic E-state index is 4.81. The second kappa shape index (κ2) is 2.64. The summed E-state index contributed by atoms with van der Waals surface area (Å²) in [6.07, 6.45) is 1.69. The Balaban J connectivity index is 3.03. The van der Waals surface area contributed by atoms with Crippen molar-refractivity contribution in [2.45, 2.75) is 0 Å². The minimum atomic E-state index is 0.803. The summed E-state index contributed by atoms with van der Waals surface area (Å²) in [5.74, 6) is 0. The first-order valence-electron chi connectivity index (χ1n) is 2.09. The van der Waals surface area contributed by atoms with Crippen molar-refractivity contribution in [1.29, 1.82) is 0 Å². The summed E-state index contributed by atoms with van der Waals surface area (Å²) in [6.45, 7) is 0. The predicted octanol–water partition coefficient (Wildman–Crippen LogP) is -2.77. The van der Waals surface area contributed by atoms with Crippen molar-refractivity contribution in [2.24, 2.45) is 0 Å². The molecule has 1 nitrogen and oxygen atoms in total. The van der Waals surface area contributed by atoms with Crippen LogP contribution in [0.2, 0.25) is 5.02 Å². The van der Waals surface area contributed by atoms with Gasteiger partial charge in [-0.25, -0.2) is 4.98 Å². The Labute approximate surface area is 66.2 Å². The Morgan fingerprint density at radius 1 is 1.50 bits per heavy atom. The molecule has 0 aliphatic carbocycles. The Bertz CT molecular complexity index is 151. The van der Waals surface area contributed by atoms with Gasteiger partial charge in [-0.2, -0.15) is 0 Å². The van der Waals surface area contributed by atoms with Gasteiger partial charge in [-0.15, -0.1) is 0 Å². The smallest absolute Gasteiger partial charge is 0.207 e. The van der Waals surface area contributed by atoms with Crippen LogP contribution >= 0.6 is 0 Å². The lowest BCUT2D eigenvalue weighted by atomic mass is 10.5. The molecule has 3 heteroatoms. The van der Waals surface area contributed by atoms with E-state index in [0.29, 0.717) is 0 Å². The molecule has 0 amide bonds. The summed E-state index contributed by atoms with van der Waals surface area (Å²) in [7, 11) is 0. The van der Waals surface area contributed by atoms with E-state index < -0.39 is 0 Å². The van der Waals surface area contributed by atoms with Gasteiger partial charge < -0.3 is 0 Å². The molecule has 0 N–H and O–H groups in total. The van der Waals surface area contributed by atoms with Gasteiger partial charge in [0.05, 0.1) is 6.20 Å². The van der Waals surface area contributed by atoms with Crippen LogP contribution in [0.3, 0.4) is 0 Å². The fourth-order valence-electron chi connectivity index (χ4n) is 0.367. The standard InChI is InChI=1S/C5H5ClIN/c6-4-1-2-5(7)8-3-4/h1-3,6-7H/q+2. The zero-order valence-corrected chi connectivity index (χ0v) is 7.14. The monoisotopic (exact) mass is 241 g/mol. The van der Waals surface area contributed by atoms with E-state index in [4.69, 9.17) is 11.6 Å². The van der Waals surface area contributed by atoms with Gasteiger partial charge in [0, 0.05) is 12.1 Å². The van der Waals surface area contributed by atoms with Gasteiger partial charge in [-0.3, -0.25) is 0 Å². The molecule has 0 aromatic carbocycles. The van der Waals surface area contributed by atoms with Gasteiger partial charge >= 0.3 is 22.6 Å². The Morgan fingerprint density at radius 3 is 2.62 bits per heavy atom. The highest BCUT2D eigenvalue weighted by atomic mass is 127. The molecule has 0 atom stereocenters. The summed E-state index contributed by atoms with van der Waals surface area (Å²) in [5, 5.41) is 0.803. The second-order valence-electron chi connectivity index (χ2n) is 1.33. The van der Waals surface area contributed by atoms with Crippen molar-refractivity contribution in [2.75, 3.05) is 0 Å². The summed E-state index contributed by atoms with van der Waals surface area (Å²) in [6, 6.07) is 3.78. The van der Waals surface area contributed by atoms with Crippen molar-refractivity contribution in [1.82, 2.24) is 4.98 Å². The summed E-state index contributed by atoms with van der Waals surface area (Å²) < 4.78 is 1.02. The van der Waals surface area contributed by atoms with Gasteiger partial charge in [0.2, 0.25) is 5.02 Å². The maximum Gasteiger partial charge on any atom is 0.318 e. The topological polar surface area (TPSA) is 12.9 Å². The van der Waals surface area contributed by atoms with E-state index in [1.807, 2.05) is 34.7 Å². The van der Waals surface area contributed by atoms with Gasteiger partial charge in [-0.1, -0.05) is 0 Å². The number of hydrogen-bond donors (Lipinski definition) is 0. The van der Waals surface area contributed by atoms with Gasteiger partial charge in [0.25, 0.3) is 3.70 Å². The van der Waals surface area contributed by atoms with Crippen LogP contribution in [0.15, 0.2) is 18.3 Å². The summed E-state index contributed by atoms with van der Waals surface area (Å²) in [5.41, 5.74) is 0. The van der Waals surface area contributed by atoms with Crippen LogP contribution in [0.1, 0.15) is 0 Å². The Hall–Kier alpha value is 0.170. The quantitative estimate of drug-likeness (QED) is 0.354. The van der Waals surface area contributed by atoms with Crippen molar-refractivity contribution in [3.8, 4) is 0 Å². The van der Waals surface area contributed by atoms with E-state index in [1.54, 1.807) is 6.20 Å². The highest BCUT2D eigenvalue weighted by Crippen LogP contribution is 1.91. The molecule has 1 aromatic heterocycles. The average Bonchev–Trinajstić information content (AvgIpc) is 1.77. The molecule has 1 rings (SSSR count). The van der Waals surface area contributed by atoms with Crippen molar-refractivity contribution in [3.05, 3.63) is 27.1 Å². The van der Waals surface area contributed by atoms with Crippen LogP contribution in [0.4, 0.5) is 0 Å². The number of rotatable bonds is 0. The first-order chi connectivity index (χ1) is 3.79. The van der Waals surface area contributed by atoms with Crippen LogP contribution in [-0.4, -0.2) is 4.98 Å². The molecular formula is C5H5ClIN+2. The normalized spacial score (nSPS) is 9.25. The molecule has 0 unspecified atom stereocenters.